The second-order valence-corrected chi connectivity index (χ2v) is 4.38. The van der Waals surface area contributed by atoms with Gasteiger partial charge in [-0.25, -0.2) is 0 Å². The van der Waals surface area contributed by atoms with Crippen molar-refractivity contribution in [2.45, 2.75) is 6.92 Å². The first-order valence-corrected chi connectivity index (χ1v) is 6.17. The molecule has 21 heavy (non-hydrogen) atoms. The maximum Gasteiger partial charge on any atom is 0.263 e. The van der Waals surface area contributed by atoms with Gasteiger partial charge in [0.1, 0.15) is 17.1 Å². The van der Waals surface area contributed by atoms with Crippen molar-refractivity contribution >= 4 is 23.2 Å². The number of phenolic OH excluding ortho intramolecular Hbond substituents is 2. The molecule has 0 saturated heterocycles. The Kier molecular flexibility index (Phi) is 4.08. The Morgan fingerprint density at radius 2 is 1.33 bits per heavy atom. The molecule has 0 fully saturated rings. The molecule has 6 heteroatoms. The van der Waals surface area contributed by atoms with Gasteiger partial charge in [0, 0.05) is 18.3 Å². The van der Waals surface area contributed by atoms with E-state index in [0.29, 0.717) is 11.4 Å². The third kappa shape index (κ3) is 3.50. The van der Waals surface area contributed by atoms with Crippen LogP contribution in [-0.4, -0.2) is 22.0 Å². The molecule has 0 saturated carbocycles. The number of anilines is 2. The normalized spacial score (nSPS) is 9.95. The van der Waals surface area contributed by atoms with Crippen molar-refractivity contribution in [1.82, 2.24) is 0 Å². The van der Waals surface area contributed by atoms with Crippen LogP contribution < -0.4 is 10.6 Å². The van der Waals surface area contributed by atoms with E-state index in [1.54, 1.807) is 24.3 Å². The van der Waals surface area contributed by atoms with Crippen LogP contribution in [0.4, 0.5) is 11.4 Å². The van der Waals surface area contributed by atoms with E-state index in [0.717, 1.165) is 0 Å². The van der Waals surface area contributed by atoms with Crippen LogP contribution in [0.2, 0.25) is 0 Å². The molecule has 2 rings (SSSR count). The zero-order valence-electron chi connectivity index (χ0n) is 11.3. The van der Waals surface area contributed by atoms with E-state index in [1.165, 1.54) is 25.1 Å². The summed E-state index contributed by atoms with van der Waals surface area (Å²) >= 11 is 0. The van der Waals surface area contributed by atoms with E-state index in [1.807, 2.05) is 0 Å². The van der Waals surface area contributed by atoms with Crippen LogP contribution in [0.1, 0.15) is 17.3 Å². The van der Waals surface area contributed by atoms with Crippen molar-refractivity contribution in [2.75, 3.05) is 10.6 Å². The lowest BCUT2D eigenvalue weighted by atomic mass is 10.1. The van der Waals surface area contributed by atoms with Crippen LogP contribution >= 0.6 is 0 Å². The molecule has 0 heterocycles. The fourth-order valence-electron chi connectivity index (χ4n) is 1.79. The quantitative estimate of drug-likeness (QED) is 0.695. The first-order valence-electron chi connectivity index (χ1n) is 6.17. The average Bonchev–Trinajstić information content (AvgIpc) is 2.40. The van der Waals surface area contributed by atoms with Crippen LogP contribution in [0.3, 0.4) is 0 Å². The summed E-state index contributed by atoms with van der Waals surface area (Å²) in [6.07, 6.45) is 0. The van der Waals surface area contributed by atoms with Crippen molar-refractivity contribution in [3.8, 4) is 11.5 Å². The summed E-state index contributed by atoms with van der Waals surface area (Å²) in [5, 5.41) is 24.4. The fourth-order valence-corrected chi connectivity index (χ4v) is 1.79. The number of amides is 2. The summed E-state index contributed by atoms with van der Waals surface area (Å²) in [5.74, 6) is -1.42. The molecule has 0 aliphatic carbocycles. The predicted octanol–water partition coefficient (Wildman–Crippen LogP) is 2.31. The lowest BCUT2D eigenvalue weighted by Crippen LogP contribution is -2.12. The number of phenols is 2. The van der Waals surface area contributed by atoms with Crippen molar-refractivity contribution in [3.63, 3.8) is 0 Å². The molecule has 0 spiro atoms. The van der Waals surface area contributed by atoms with Crippen molar-refractivity contribution in [3.05, 3.63) is 48.0 Å². The topological polar surface area (TPSA) is 98.7 Å². The first kappa shape index (κ1) is 14.4. The van der Waals surface area contributed by atoms with Gasteiger partial charge in [0.05, 0.1) is 0 Å². The fraction of sp³-hybridized carbons (Fsp3) is 0.0667. The van der Waals surface area contributed by atoms with E-state index in [2.05, 4.69) is 10.6 Å². The summed E-state index contributed by atoms with van der Waals surface area (Å²) in [6, 6.07) is 10.5. The molecule has 4 N–H and O–H groups in total. The molecule has 0 aliphatic heterocycles. The highest BCUT2D eigenvalue weighted by molar-refractivity contribution is 6.08. The third-order valence-corrected chi connectivity index (χ3v) is 2.71. The second-order valence-electron chi connectivity index (χ2n) is 4.38. The van der Waals surface area contributed by atoms with Crippen molar-refractivity contribution < 1.29 is 19.8 Å². The Morgan fingerprint density at radius 3 is 1.81 bits per heavy atom. The number of carbonyl (C=O) groups excluding carboxylic acids is 2. The number of aromatic hydroxyl groups is 2. The maximum atomic E-state index is 12.0. The number of carbonyl (C=O) groups is 2. The van der Waals surface area contributed by atoms with Gasteiger partial charge in [0.15, 0.2) is 0 Å². The standard InChI is InChI=1S/C15H14N2O4/c1-9(18)16-10-5-7-11(8-6-10)17-15(21)14-12(19)3-2-4-13(14)20/h2-8,19-20H,1H3,(H,16,18)(H,17,21). The molecule has 0 radical (unpaired) electrons. The Balaban J connectivity index is 2.14. The van der Waals surface area contributed by atoms with E-state index in [4.69, 9.17) is 0 Å². The zero-order valence-corrected chi connectivity index (χ0v) is 11.3. The minimum Gasteiger partial charge on any atom is -0.507 e. The molecule has 2 amide bonds. The number of hydrogen-bond donors (Lipinski definition) is 4. The van der Waals surface area contributed by atoms with E-state index >= 15 is 0 Å². The minimum atomic E-state index is -0.627. The summed E-state index contributed by atoms with van der Waals surface area (Å²) in [7, 11) is 0. The smallest absolute Gasteiger partial charge is 0.263 e. The van der Waals surface area contributed by atoms with Gasteiger partial charge in [0.2, 0.25) is 5.91 Å². The summed E-state index contributed by atoms with van der Waals surface area (Å²) in [6.45, 7) is 1.40. The van der Waals surface area contributed by atoms with Gasteiger partial charge < -0.3 is 20.8 Å². The molecule has 0 atom stereocenters. The SMILES string of the molecule is CC(=O)Nc1ccc(NC(=O)c2c(O)cccc2O)cc1. The molecule has 0 unspecified atom stereocenters. The van der Waals surface area contributed by atoms with Gasteiger partial charge in [0.25, 0.3) is 5.91 Å². The van der Waals surface area contributed by atoms with Gasteiger partial charge in [-0.05, 0) is 36.4 Å². The maximum absolute atomic E-state index is 12.0. The summed E-state index contributed by atoms with van der Waals surface area (Å²) < 4.78 is 0. The van der Waals surface area contributed by atoms with Crippen LogP contribution in [0.5, 0.6) is 11.5 Å². The van der Waals surface area contributed by atoms with Crippen molar-refractivity contribution in [2.24, 2.45) is 0 Å². The minimum absolute atomic E-state index is 0.189. The molecule has 0 aromatic heterocycles. The molecule has 0 bridgehead atoms. The molecule has 0 aliphatic rings. The summed E-state index contributed by atoms with van der Waals surface area (Å²) in [4.78, 5) is 22.9. The van der Waals surface area contributed by atoms with Gasteiger partial charge >= 0.3 is 0 Å². The Hall–Kier alpha value is -3.02. The van der Waals surface area contributed by atoms with Crippen LogP contribution in [0, 0.1) is 0 Å². The van der Waals surface area contributed by atoms with Gasteiger partial charge in [-0.2, -0.15) is 0 Å². The van der Waals surface area contributed by atoms with E-state index in [9.17, 15) is 19.8 Å². The van der Waals surface area contributed by atoms with E-state index in [-0.39, 0.29) is 23.0 Å². The zero-order chi connectivity index (χ0) is 15.4. The highest BCUT2D eigenvalue weighted by Gasteiger charge is 2.15. The third-order valence-electron chi connectivity index (χ3n) is 2.71. The monoisotopic (exact) mass is 286 g/mol. The lowest BCUT2D eigenvalue weighted by molar-refractivity contribution is -0.114. The highest BCUT2D eigenvalue weighted by atomic mass is 16.3. The first-order chi connectivity index (χ1) is 9.97. The second kappa shape index (κ2) is 5.96. The van der Waals surface area contributed by atoms with Gasteiger partial charge in [-0.1, -0.05) is 6.07 Å². The number of benzene rings is 2. The number of nitrogens with one attached hydrogen (secondary N) is 2. The van der Waals surface area contributed by atoms with Gasteiger partial charge in [-0.15, -0.1) is 0 Å². The molecular weight excluding hydrogens is 272 g/mol. The predicted molar refractivity (Wildman–Crippen MR) is 78.5 cm³/mol. The molecule has 2 aromatic rings. The number of hydrogen-bond acceptors (Lipinski definition) is 4. The molecule has 108 valence electrons. The van der Waals surface area contributed by atoms with Gasteiger partial charge in [-0.3, -0.25) is 9.59 Å². The Morgan fingerprint density at radius 1 is 0.857 bits per heavy atom. The Bertz CT molecular complexity index is 660. The lowest BCUT2D eigenvalue weighted by Gasteiger charge is -2.09. The van der Waals surface area contributed by atoms with Crippen LogP contribution in [0.25, 0.3) is 0 Å². The van der Waals surface area contributed by atoms with Crippen LogP contribution in [-0.2, 0) is 4.79 Å². The van der Waals surface area contributed by atoms with Crippen LogP contribution in [0.15, 0.2) is 42.5 Å². The largest absolute Gasteiger partial charge is 0.507 e. The molecule has 2 aromatic carbocycles. The average molecular weight is 286 g/mol. The van der Waals surface area contributed by atoms with E-state index < -0.39 is 5.91 Å². The Labute approximate surface area is 121 Å². The summed E-state index contributed by atoms with van der Waals surface area (Å²) in [5.41, 5.74) is 0.881. The number of rotatable bonds is 3. The molecular formula is C15H14N2O4. The molecule has 6 nitrogen and oxygen atoms in total. The highest BCUT2D eigenvalue weighted by Crippen LogP contribution is 2.27. The van der Waals surface area contributed by atoms with Crippen molar-refractivity contribution in [1.29, 1.82) is 0 Å².